The van der Waals surface area contributed by atoms with Gasteiger partial charge in [0.1, 0.15) is 12.6 Å². The number of nitrogens with zero attached hydrogens (tertiary/aromatic N) is 1. The lowest BCUT2D eigenvalue weighted by atomic mass is 10.2. The molecule has 1 N–H and O–H groups in total. The van der Waals surface area contributed by atoms with E-state index in [-0.39, 0.29) is 51.4 Å². The number of sulfonamides is 1. The van der Waals surface area contributed by atoms with Gasteiger partial charge < -0.3 is 19.5 Å². The Bertz CT molecular complexity index is 521. The lowest BCUT2D eigenvalue weighted by molar-refractivity contribution is -0.144. The first kappa shape index (κ1) is 20.8. The summed E-state index contributed by atoms with van der Waals surface area (Å²) in [5.74, 6) is -1.38. The van der Waals surface area contributed by atoms with Gasteiger partial charge in [0.2, 0.25) is 15.9 Å². The van der Waals surface area contributed by atoms with E-state index in [1.54, 1.807) is 6.92 Å². The third-order valence-electron chi connectivity index (χ3n) is 3.24. The normalized spacial score (nSPS) is 19.2. The van der Waals surface area contributed by atoms with Crippen LogP contribution in [0, 0.1) is 0 Å². The highest BCUT2D eigenvalue weighted by molar-refractivity contribution is 7.89. The van der Waals surface area contributed by atoms with Crippen molar-refractivity contribution in [3.8, 4) is 0 Å². The largest absolute Gasteiger partial charge is 0.465 e. The van der Waals surface area contributed by atoms with E-state index >= 15 is 0 Å². The topological polar surface area (TPSA) is 111 Å². The summed E-state index contributed by atoms with van der Waals surface area (Å²) in [6.07, 6.45) is -0.0754. The molecule has 10 heteroatoms. The molecular weight excluding hydrogens is 340 g/mol. The Morgan fingerprint density at radius 2 is 2.08 bits per heavy atom. The molecule has 1 rings (SSSR count). The maximum Gasteiger partial charge on any atom is 0.325 e. The molecule has 0 aromatic carbocycles. The first-order valence-electron chi connectivity index (χ1n) is 7.90. The van der Waals surface area contributed by atoms with Crippen LogP contribution in [0.5, 0.6) is 0 Å². The second kappa shape index (κ2) is 9.92. The zero-order valence-electron chi connectivity index (χ0n) is 14.3. The van der Waals surface area contributed by atoms with Crippen molar-refractivity contribution in [2.45, 2.75) is 32.9 Å². The van der Waals surface area contributed by atoms with E-state index in [1.165, 1.54) is 0 Å². The van der Waals surface area contributed by atoms with Gasteiger partial charge in [-0.25, -0.2) is 8.42 Å². The van der Waals surface area contributed by atoms with Crippen molar-refractivity contribution in [2.24, 2.45) is 0 Å². The molecule has 24 heavy (non-hydrogen) atoms. The van der Waals surface area contributed by atoms with Gasteiger partial charge in [-0.3, -0.25) is 9.59 Å². The highest BCUT2D eigenvalue weighted by atomic mass is 32.2. The van der Waals surface area contributed by atoms with Crippen LogP contribution in [-0.4, -0.2) is 82.0 Å². The average Bonchev–Trinajstić information content (AvgIpc) is 2.52. The number of rotatable bonds is 9. The molecule has 0 aromatic heterocycles. The molecule has 1 atom stereocenters. The van der Waals surface area contributed by atoms with E-state index in [0.717, 1.165) is 4.31 Å². The molecule has 1 saturated heterocycles. The van der Waals surface area contributed by atoms with Crippen molar-refractivity contribution in [3.05, 3.63) is 0 Å². The maximum atomic E-state index is 12.4. The van der Waals surface area contributed by atoms with Gasteiger partial charge >= 0.3 is 5.97 Å². The number of carbonyl (C=O) groups is 2. The number of hydrogen-bond acceptors (Lipinski definition) is 7. The monoisotopic (exact) mass is 366 g/mol. The van der Waals surface area contributed by atoms with Gasteiger partial charge in [-0.15, -0.1) is 0 Å². The van der Waals surface area contributed by atoms with Crippen molar-refractivity contribution in [3.63, 3.8) is 0 Å². The van der Waals surface area contributed by atoms with Crippen LogP contribution in [0.1, 0.15) is 20.8 Å². The minimum Gasteiger partial charge on any atom is -0.465 e. The van der Waals surface area contributed by atoms with Crippen LogP contribution in [0.2, 0.25) is 0 Å². The van der Waals surface area contributed by atoms with E-state index < -0.39 is 27.9 Å². The Kier molecular flexibility index (Phi) is 8.60. The van der Waals surface area contributed by atoms with Gasteiger partial charge in [0, 0.05) is 6.54 Å². The SMILES string of the molecule is CCOC(=O)CNC(=O)[C@@H]1COCCN1S(=O)(=O)CCOC(C)C. The highest BCUT2D eigenvalue weighted by Crippen LogP contribution is 2.13. The summed E-state index contributed by atoms with van der Waals surface area (Å²) in [4.78, 5) is 23.5. The van der Waals surface area contributed by atoms with E-state index in [0.29, 0.717) is 0 Å². The minimum atomic E-state index is -3.67. The molecule has 0 spiro atoms. The number of esters is 1. The van der Waals surface area contributed by atoms with Crippen LogP contribution in [0.25, 0.3) is 0 Å². The van der Waals surface area contributed by atoms with Crippen molar-refractivity contribution in [1.82, 2.24) is 9.62 Å². The Balaban J connectivity index is 2.66. The third kappa shape index (κ3) is 6.71. The van der Waals surface area contributed by atoms with E-state index in [2.05, 4.69) is 5.32 Å². The summed E-state index contributed by atoms with van der Waals surface area (Å²) >= 11 is 0. The highest BCUT2D eigenvalue weighted by Gasteiger charge is 2.37. The smallest absolute Gasteiger partial charge is 0.325 e. The molecule has 1 heterocycles. The maximum absolute atomic E-state index is 12.4. The fourth-order valence-electron chi connectivity index (χ4n) is 2.12. The average molecular weight is 366 g/mol. The predicted octanol–water partition coefficient (Wildman–Crippen LogP) is -0.879. The van der Waals surface area contributed by atoms with Crippen molar-refractivity contribution in [2.75, 3.05) is 45.3 Å². The van der Waals surface area contributed by atoms with Crippen LogP contribution in [-0.2, 0) is 33.8 Å². The van der Waals surface area contributed by atoms with E-state index in [9.17, 15) is 18.0 Å². The Morgan fingerprint density at radius 3 is 2.71 bits per heavy atom. The molecule has 0 bridgehead atoms. The summed E-state index contributed by atoms with van der Waals surface area (Å²) in [5.41, 5.74) is 0. The summed E-state index contributed by atoms with van der Waals surface area (Å²) in [7, 11) is -3.67. The van der Waals surface area contributed by atoms with Crippen molar-refractivity contribution in [1.29, 1.82) is 0 Å². The fourth-order valence-corrected chi connectivity index (χ4v) is 3.56. The number of amides is 1. The summed E-state index contributed by atoms with van der Waals surface area (Å²) < 4.78 is 41.2. The standard InChI is InChI=1S/C14H26N2O7S/c1-4-22-13(17)9-15-14(18)12-10-21-6-5-16(12)24(19,20)8-7-23-11(2)3/h11-12H,4-10H2,1-3H3,(H,15,18)/t12-/m0/s1. The molecule has 1 fully saturated rings. The fraction of sp³-hybridized carbons (Fsp3) is 0.857. The van der Waals surface area contributed by atoms with Crippen LogP contribution >= 0.6 is 0 Å². The lowest BCUT2D eigenvalue weighted by Gasteiger charge is -2.33. The number of ether oxygens (including phenoxy) is 3. The van der Waals surface area contributed by atoms with Crippen LogP contribution in [0.15, 0.2) is 0 Å². The molecule has 0 aromatic rings. The lowest BCUT2D eigenvalue weighted by Crippen LogP contribution is -2.57. The van der Waals surface area contributed by atoms with Gasteiger partial charge in [-0.05, 0) is 20.8 Å². The van der Waals surface area contributed by atoms with E-state index in [4.69, 9.17) is 14.2 Å². The van der Waals surface area contributed by atoms with Crippen LogP contribution in [0.3, 0.4) is 0 Å². The van der Waals surface area contributed by atoms with E-state index in [1.807, 2.05) is 13.8 Å². The van der Waals surface area contributed by atoms with Gasteiger partial charge in [0.15, 0.2) is 0 Å². The summed E-state index contributed by atoms with van der Waals surface area (Å²) in [6, 6.07) is -1.00. The molecule has 0 unspecified atom stereocenters. The molecule has 9 nitrogen and oxygen atoms in total. The van der Waals surface area contributed by atoms with Gasteiger partial charge in [-0.1, -0.05) is 0 Å². The minimum absolute atomic E-state index is 0.0501. The zero-order chi connectivity index (χ0) is 18.2. The first-order chi connectivity index (χ1) is 11.3. The quantitative estimate of drug-likeness (QED) is 0.528. The number of carbonyl (C=O) groups excluding carboxylic acids is 2. The molecule has 1 aliphatic rings. The first-order valence-corrected chi connectivity index (χ1v) is 9.51. The summed E-state index contributed by atoms with van der Waals surface area (Å²) in [6.45, 7) is 5.47. The summed E-state index contributed by atoms with van der Waals surface area (Å²) in [5, 5.41) is 2.38. The van der Waals surface area contributed by atoms with Crippen LogP contribution in [0.4, 0.5) is 0 Å². The van der Waals surface area contributed by atoms with Crippen LogP contribution < -0.4 is 5.32 Å². The Morgan fingerprint density at radius 1 is 1.38 bits per heavy atom. The second-order valence-electron chi connectivity index (χ2n) is 5.46. The van der Waals surface area contributed by atoms with Gasteiger partial charge in [0.05, 0.1) is 38.3 Å². The molecular formula is C14H26N2O7S. The Hall–Kier alpha value is -1.23. The number of nitrogens with one attached hydrogen (secondary N) is 1. The Labute approximate surface area is 142 Å². The van der Waals surface area contributed by atoms with Gasteiger partial charge in [0.25, 0.3) is 0 Å². The van der Waals surface area contributed by atoms with Crippen molar-refractivity contribution < 1.29 is 32.2 Å². The third-order valence-corrected chi connectivity index (χ3v) is 5.08. The molecule has 0 saturated carbocycles. The molecule has 1 amide bonds. The number of morpholine rings is 1. The molecule has 140 valence electrons. The van der Waals surface area contributed by atoms with Gasteiger partial charge in [-0.2, -0.15) is 4.31 Å². The molecule has 1 aliphatic heterocycles. The zero-order valence-corrected chi connectivity index (χ0v) is 15.1. The predicted molar refractivity (Wildman–Crippen MR) is 85.8 cm³/mol. The molecule has 0 aliphatic carbocycles. The van der Waals surface area contributed by atoms with Crippen molar-refractivity contribution >= 4 is 21.9 Å². The molecule has 0 radical (unpaired) electrons. The second-order valence-corrected chi connectivity index (χ2v) is 7.50. The number of hydrogen-bond donors (Lipinski definition) is 1.